The van der Waals surface area contributed by atoms with E-state index >= 15 is 0 Å². The van der Waals surface area contributed by atoms with Gasteiger partial charge in [-0.05, 0) is 66.4 Å². The van der Waals surface area contributed by atoms with Crippen LogP contribution in [0.5, 0.6) is 5.75 Å². The Balaban J connectivity index is 1.37. The van der Waals surface area contributed by atoms with Crippen LogP contribution < -0.4 is 9.64 Å². The lowest BCUT2D eigenvalue weighted by atomic mass is 10.1. The molecule has 0 saturated carbocycles. The molecule has 1 aliphatic heterocycles. The van der Waals surface area contributed by atoms with Crippen molar-refractivity contribution >= 4 is 23.5 Å². The van der Waals surface area contributed by atoms with Crippen molar-refractivity contribution in [3.63, 3.8) is 0 Å². The standard InChI is InChI=1S/C26H23NO3/c1-19(28)22-10-13-25-23(17-22)15-16-27(25)26(29)14-9-20-7-11-24(12-8-20)30-18-21-5-3-2-4-6-21/h2-14,17H,15-16,18H2,1H3/b14-9+. The largest absolute Gasteiger partial charge is 0.489 e. The number of ether oxygens (including phenoxy) is 1. The van der Waals surface area contributed by atoms with Crippen LogP contribution in [0.25, 0.3) is 6.08 Å². The van der Waals surface area contributed by atoms with E-state index in [1.165, 1.54) is 0 Å². The summed E-state index contributed by atoms with van der Waals surface area (Å²) in [4.78, 5) is 26.0. The van der Waals surface area contributed by atoms with E-state index in [-0.39, 0.29) is 11.7 Å². The number of hydrogen-bond acceptors (Lipinski definition) is 3. The van der Waals surface area contributed by atoms with Crippen LogP contribution in [0.3, 0.4) is 0 Å². The molecule has 4 rings (SSSR count). The fourth-order valence-corrected chi connectivity index (χ4v) is 3.52. The maximum absolute atomic E-state index is 12.7. The minimum absolute atomic E-state index is 0.0404. The number of anilines is 1. The zero-order valence-corrected chi connectivity index (χ0v) is 16.9. The molecule has 0 spiro atoms. The van der Waals surface area contributed by atoms with E-state index in [0.717, 1.165) is 34.5 Å². The van der Waals surface area contributed by atoms with Crippen LogP contribution in [0, 0.1) is 0 Å². The van der Waals surface area contributed by atoms with Crippen LogP contribution in [0.2, 0.25) is 0 Å². The Morgan fingerprint density at radius 2 is 1.77 bits per heavy atom. The Morgan fingerprint density at radius 3 is 2.50 bits per heavy atom. The molecule has 1 heterocycles. The Kier molecular flexibility index (Phi) is 5.75. The number of Topliss-reactive ketones (excluding diaryl/α,β-unsaturated/α-hetero) is 1. The fraction of sp³-hybridized carbons (Fsp3) is 0.154. The first-order chi connectivity index (χ1) is 14.6. The van der Waals surface area contributed by atoms with E-state index in [1.54, 1.807) is 24.0 Å². The van der Waals surface area contributed by atoms with Gasteiger partial charge in [0.1, 0.15) is 12.4 Å². The highest BCUT2D eigenvalue weighted by atomic mass is 16.5. The first-order valence-corrected chi connectivity index (χ1v) is 10.0. The zero-order chi connectivity index (χ0) is 20.9. The van der Waals surface area contributed by atoms with Gasteiger partial charge < -0.3 is 9.64 Å². The molecule has 0 radical (unpaired) electrons. The summed E-state index contributed by atoms with van der Waals surface area (Å²) in [7, 11) is 0. The van der Waals surface area contributed by atoms with Gasteiger partial charge in [-0.15, -0.1) is 0 Å². The summed E-state index contributed by atoms with van der Waals surface area (Å²) in [5.74, 6) is 0.768. The molecule has 0 bridgehead atoms. The maximum Gasteiger partial charge on any atom is 0.251 e. The SMILES string of the molecule is CC(=O)c1ccc2c(c1)CCN2C(=O)/C=C/c1ccc(OCc2ccccc2)cc1. The summed E-state index contributed by atoms with van der Waals surface area (Å²) >= 11 is 0. The van der Waals surface area contributed by atoms with Crippen molar-refractivity contribution in [3.05, 3.63) is 101 Å². The highest BCUT2D eigenvalue weighted by molar-refractivity contribution is 6.05. The van der Waals surface area contributed by atoms with Crippen LogP contribution >= 0.6 is 0 Å². The molecule has 30 heavy (non-hydrogen) atoms. The van der Waals surface area contributed by atoms with E-state index < -0.39 is 0 Å². The van der Waals surface area contributed by atoms with Crippen molar-refractivity contribution in [2.24, 2.45) is 0 Å². The number of rotatable bonds is 6. The molecular formula is C26H23NO3. The van der Waals surface area contributed by atoms with Crippen molar-refractivity contribution < 1.29 is 14.3 Å². The first-order valence-electron chi connectivity index (χ1n) is 10.0. The van der Waals surface area contributed by atoms with E-state index in [9.17, 15) is 9.59 Å². The van der Waals surface area contributed by atoms with Gasteiger partial charge in [-0.25, -0.2) is 0 Å². The lowest BCUT2D eigenvalue weighted by Gasteiger charge is -2.15. The van der Waals surface area contributed by atoms with E-state index in [4.69, 9.17) is 4.74 Å². The van der Waals surface area contributed by atoms with Gasteiger partial charge in [0, 0.05) is 23.9 Å². The molecule has 1 aliphatic rings. The van der Waals surface area contributed by atoms with Crippen LogP contribution in [0.15, 0.2) is 78.9 Å². The van der Waals surface area contributed by atoms with Gasteiger partial charge in [-0.2, -0.15) is 0 Å². The smallest absolute Gasteiger partial charge is 0.251 e. The Labute approximate surface area is 176 Å². The fourth-order valence-electron chi connectivity index (χ4n) is 3.52. The number of nitrogens with zero attached hydrogens (tertiary/aromatic N) is 1. The van der Waals surface area contributed by atoms with Crippen molar-refractivity contribution in [1.29, 1.82) is 0 Å². The van der Waals surface area contributed by atoms with E-state index in [1.807, 2.05) is 72.8 Å². The van der Waals surface area contributed by atoms with Crippen LogP contribution in [-0.2, 0) is 17.8 Å². The second kappa shape index (κ2) is 8.78. The summed E-state index contributed by atoms with van der Waals surface area (Å²) in [5.41, 5.74) is 4.67. The van der Waals surface area contributed by atoms with E-state index in [0.29, 0.717) is 18.7 Å². The molecule has 0 aliphatic carbocycles. The van der Waals surface area contributed by atoms with E-state index in [2.05, 4.69) is 0 Å². The first kappa shape index (κ1) is 19.6. The molecule has 0 aromatic heterocycles. The molecule has 0 atom stereocenters. The lowest BCUT2D eigenvalue weighted by molar-refractivity contribution is -0.114. The molecule has 3 aromatic rings. The number of fused-ring (bicyclic) bond motifs is 1. The molecule has 1 amide bonds. The predicted octanol–water partition coefficient (Wildman–Crippen LogP) is 5.07. The third kappa shape index (κ3) is 4.49. The van der Waals surface area contributed by atoms with Crippen LogP contribution in [0.1, 0.15) is 34.0 Å². The van der Waals surface area contributed by atoms with Gasteiger partial charge in [0.25, 0.3) is 5.91 Å². The molecule has 0 saturated heterocycles. The van der Waals surface area contributed by atoms with Crippen molar-refractivity contribution in [2.75, 3.05) is 11.4 Å². The van der Waals surface area contributed by atoms with Crippen molar-refractivity contribution in [2.45, 2.75) is 20.0 Å². The van der Waals surface area contributed by atoms with Gasteiger partial charge in [0.05, 0.1) is 0 Å². The minimum Gasteiger partial charge on any atom is -0.489 e. The van der Waals surface area contributed by atoms with Gasteiger partial charge in [0.2, 0.25) is 0 Å². The summed E-state index contributed by atoms with van der Waals surface area (Å²) in [6.45, 7) is 2.71. The van der Waals surface area contributed by atoms with Gasteiger partial charge in [-0.1, -0.05) is 42.5 Å². The summed E-state index contributed by atoms with van der Waals surface area (Å²) in [6.07, 6.45) is 4.17. The number of ketones is 1. The molecule has 4 nitrogen and oxygen atoms in total. The Hall–Kier alpha value is -3.66. The Bertz CT molecular complexity index is 1090. The third-order valence-electron chi connectivity index (χ3n) is 5.19. The average molecular weight is 397 g/mol. The lowest BCUT2D eigenvalue weighted by Crippen LogP contribution is -2.26. The van der Waals surface area contributed by atoms with Crippen LogP contribution in [0.4, 0.5) is 5.69 Å². The number of hydrogen-bond donors (Lipinski definition) is 0. The number of amides is 1. The minimum atomic E-state index is -0.0614. The summed E-state index contributed by atoms with van der Waals surface area (Å²) in [6, 6.07) is 23.2. The van der Waals surface area contributed by atoms with Gasteiger partial charge in [-0.3, -0.25) is 9.59 Å². The topological polar surface area (TPSA) is 46.6 Å². The molecule has 0 fully saturated rings. The van der Waals surface area contributed by atoms with Crippen LogP contribution in [-0.4, -0.2) is 18.2 Å². The molecule has 150 valence electrons. The highest BCUT2D eigenvalue weighted by Gasteiger charge is 2.23. The predicted molar refractivity (Wildman–Crippen MR) is 119 cm³/mol. The third-order valence-corrected chi connectivity index (χ3v) is 5.19. The molecule has 0 unspecified atom stereocenters. The number of carbonyl (C=O) groups is 2. The monoisotopic (exact) mass is 397 g/mol. The number of carbonyl (C=O) groups excluding carboxylic acids is 2. The Morgan fingerprint density at radius 1 is 1.00 bits per heavy atom. The highest BCUT2D eigenvalue weighted by Crippen LogP contribution is 2.29. The molecule has 3 aromatic carbocycles. The maximum atomic E-state index is 12.7. The molecule has 4 heteroatoms. The number of benzene rings is 3. The van der Waals surface area contributed by atoms with Gasteiger partial charge >= 0.3 is 0 Å². The quantitative estimate of drug-likeness (QED) is 0.431. The average Bonchev–Trinajstić information content (AvgIpc) is 3.21. The molecular weight excluding hydrogens is 374 g/mol. The summed E-state index contributed by atoms with van der Waals surface area (Å²) in [5, 5.41) is 0. The van der Waals surface area contributed by atoms with Crippen molar-refractivity contribution in [1.82, 2.24) is 0 Å². The zero-order valence-electron chi connectivity index (χ0n) is 16.9. The normalized spacial score (nSPS) is 12.8. The van der Waals surface area contributed by atoms with Crippen molar-refractivity contribution in [3.8, 4) is 5.75 Å². The second-order valence-corrected chi connectivity index (χ2v) is 7.32. The summed E-state index contributed by atoms with van der Waals surface area (Å²) < 4.78 is 5.80. The molecule has 0 N–H and O–H groups in total. The van der Waals surface area contributed by atoms with Gasteiger partial charge in [0.15, 0.2) is 5.78 Å². The second-order valence-electron chi connectivity index (χ2n) is 7.32.